The van der Waals surface area contributed by atoms with E-state index in [1.807, 2.05) is 72.8 Å². The number of rotatable bonds is 6. The lowest BCUT2D eigenvalue weighted by molar-refractivity contribution is 0.650. The largest absolute Gasteiger partial charge is 0.314 e. The van der Waals surface area contributed by atoms with E-state index < -0.39 is 5.54 Å². The number of hydrogen-bond donors (Lipinski definition) is 1. The Kier molecular flexibility index (Phi) is 5.79. The summed E-state index contributed by atoms with van der Waals surface area (Å²) in [4.78, 5) is 0. The van der Waals surface area contributed by atoms with Crippen LogP contribution in [0.15, 0.2) is 72.8 Å². The highest BCUT2D eigenvalue weighted by molar-refractivity contribution is 7.79. The van der Waals surface area contributed by atoms with E-state index >= 15 is 0 Å². The first-order chi connectivity index (χ1) is 12.7. The van der Waals surface area contributed by atoms with E-state index in [4.69, 9.17) is 42.4 Å². The molecule has 0 aliphatic heterocycles. The fourth-order valence-corrected chi connectivity index (χ4v) is 3.93. The van der Waals surface area contributed by atoms with E-state index in [2.05, 4.69) is 0 Å². The minimum Gasteiger partial charge on any atom is -0.314 e. The monoisotopic (exact) mass is 391 g/mol. The Morgan fingerprint density at radius 1 is 0.538 bits per heavy atom. The van der Waals surface area contributed by atoms with Crippen molar-refractivity contribution in [2.24, 2.45) is 5.73 Å². The zero-order valence-corrected chi connectivity index (χ0v) is 16.4. The molecule has 4 heteroatoms. The van der Waals surface area contributed by atoms with Crippen LogP contribution in [0.5, 0.6) is 0 Å². The van der Waals surface area contributed by atoms with Gasteiger partial charge in [-0.15, -0.1) is 0 Å². The van der Waals surface area contributed by atoms with E-state index in [1.165, 1.54) is 0 Å². The summed E-state index contributed by atoms with van der Waals surface area (Å²) < 4.78 is 0. The van der Waals surface area contributed by atoms with Gasteiger partial charge in [0.25, 0.3) is 0 Å². The van der Waals surface area contributed by atoms with Crippen LogP contribution in [0.1, 0.15) is 33.4 Å². The van der Waals surface area contributed by atoms with Crippen molar-refractivity contribution in [3.05, 3.63) is 106 Å². The van der Waals surface area contributed by atoms with E-state index in [9.17, 15) is 0 Å². The van der Waals surface area contributed by atoms with Crippen LogP contribution >= 0.6 is 36.7 Å². The zero-order valence-electron chi connectivity index (χ0n) is 14.0. The summed E-state index contributed by atoms with van der Waals surface area (Å²) in [6.07, 6.45) is 0. The van der Waals surface area contributed by atoms with E-state index in [1.54, 1.807) is 16.1 Å². The third kappa shape index (κ3) is 3.17. The molecule has 128 valence electrons. The molecule has 0 atom stereocenters. The summed E-state index contributed by atoms with van der Waals surface area (Å²) in [5.41, 5.74) is 11.7. The second-order valence-electron chi connectivity index (χ2n) is 5.92. The van der Waals surface area contributed by atoms with Crippen LogP contribution in [0.3, 0.4) is 0 Å². The lowest BCUT2D eigenvalue weighted by atomic mass is 9.73. The molecule has 0 radical (unpaired) electrons. The van der Waals surface area contributed by atoms with Crippen molar-refractivity contribution in [1.29, 1.82) is 0 Å². The molecule has 0 saturated heterocycles. The van der Waals surface area contributed by atoms with Gasteiger partial charge in [-0.05, 0) is 33.4 Å². The summed E-state index contributed by atoms with van der Waals surface area (Å²) in [5, 5.41) is 4.99. The Balaban J connectivity index is 2.45. The van der Waals surface area contributed by atoms with Gasteiger partial charge in [0.05, 0.1) is 5.54 Å². The molecular formula is C22H17NS3. The van der Waals surface area contributed by atoms with Gasteiger partial charge in [0.2, 0.25) is 0 Å². The maximum absolute atomic E-state index is 7.19. The fraction of sp³-hybridized carbons (Fsp3) is 0.0455. The van der Waals surface area contributed by atoms with Gasteiger partial charge in [-0.3, -0.25) is 0 Å². The average molecular weight is 392 g/mol. The van der Waals surface area contributed by atoms with E-state index in [-0.39, 0.29) is 0 Å². The highest BCUT2D eigenvalue weighted by Gasteiger charge is 2.36. The molecule has 3 aromatic rings. The lowest BCUT2D eigenvalue weighted by Crippen LogP contribution is -2.42. The summed E-state index contributed by atoms with van der Waals surface area (Å²) in [7, 11) is 0. The zero-order chi connectivity index (χ0) is 18.6. The Hall–Kier alpha value is -2.11. The molecular weight excluding hydrogens is 374 g/mol. The molecule has 0 fully saturated rings. The standard InChI is InChI=1S/C22H17NS3/c23-22(19-10-4-1-7-16(19)13-24,20-11-5-2-8-17(20)14-25)21-12-6-3-9-18(21)15-26/h1-15H,23H2. The highest BCUT2D eigenvalue weighted by Crippen LogP contribution is 2.38. The van der Waals surface area contributed by atoms with E-state index in [0.717, 1.165) is 33.4 Å². The second kappa shape index (κ2) is 8.06. The van der Waals surface area contributed by atoms with Gasteiger partial charge in [0.15, 0.2) is 0 Å². The van der Waals surface area contributed by atoms with Crippen LogP contribution < -0.4 is 5.73 Å². The normalized spacial score (nSPS) is 11.0. The first-order valence-corrected chi connectivity index (χ1v) is 9.51. The third-order valence-corrected chi connectivity index (χ3v) is 5.30. The summed E-state index contributed by atoms with van der Waals surface area (Å²) >= 11 is 15.8. The minimum absolute atomic E-state index is 0.906. The summed E-state index contributed by atoms with van der Waals surface area (Å²) in [5.74, 6) is 0. The molecule has 0 aliphatic carbocycles. The maximum Gasteiger partial charge on any atom is 0.0941 e. The van der Waals surface area contributed by atoms with Crippen molar-refractivity contribution >= 4 is 52.8 Å². The van der Waals surface area contributed by atoms with Crippen LogP contribution in [0.2, 0.25) is 0 Å². The Labute approximate surface area is 169 Å². The predicted molar refractivity (Wildman–Crippen MR) is 122 cm³/mol. The topological polar surface area (TPSA) is 26.0 Å². The van der Waals surface area contributed by atoms with Crippen molar-refractivity contribution < 1.29 is 0 Å². The van der Waals surface area contributed by atoms with Crippen LogP contribution in [-0.2, 0) is 5.54 Å². The number of thiocarbonyl (C=S) groups is 3. The second-order valence-corrected chi connectivity index (χ2v) is 6.63. The van der Waals surface area contributed by atoms with E-state index in [0.29, 0.717) is 0 Å². The molecule has 0 aliphatic rings. The molecule has 2 N–H and O–H groups in total. The number of benzene rings is 3. The van der Waals surface area contributed by atoms with Gasteiger partial charge >= 0.3 is 0 Å². The number of nitrogens with two attached hydrogens (primary N) is 1. The molecule has 0 heterocycles. The van der Waals surface area contributed by atoms with Crippen LogP contribution in [0.4, 0.5) is 0 Å². The molecule has 3 rings (SSSR count). The summed E-state index contributed by atoms with van der Waals surface area (Å²) in [6, 6.07) is 23.8. The quantitative estimate of drug-likeness (QED) is 0.473. The van der Waals surface area contributed by atoms with Crippen molar-refractivity contribution in [3.8, 4) is 0 Å². The fourth-order valence-electron chi connectivity index (χ4n) is 3.31. The predicted octanol–water partition coefficient (Wildman–Crippen LogP) is 4.98. The van der Waals surface area contributed by atoms with Gasteiger partial charge in [-0.25, -0.2) is 0 Å². The van der Waals surface area contributed by atoms with Gasteiger partial charge in [0.1, 0.15) is 0 Å². The Morgan fingerprint density at radius 3 is 1.08 bits per heavy atom. The highest BCUT2D eigenvalue weighted by atomic mass is 32.1. The smallest absolute Gasteiger partial charge is 0.0941 e. The first kappa shape index (κ1) is 18.7. The van der Waals surface area contributed by atoms with Crippen molar-refractivity contribution in [1.82, 2.24) is 0 Å². The van der Waals surface area contributed by atoms with Crippen LogP contribution in [0.25, 0.3) is 0 Å². The number of hydrogen-bond acceptors (Lipinski definition) is 4. The molecule has 0 spiro atoms. The Morgan fingerprint density at radius 2 is 0.808 bits per heavy atom. The molecule has 0 amide bonds. The Bertz CT molecular complexity index is 853. The lowest BCUT2D eigenvalue weighted by Gasteiger charge is -2.35. The SMILES string of the molecule is NC(c1ccccc1C=S)(c1ccccc1C=S)c1ccccc1C=S. The maximum atomic E-state index is 7.19. The molecule has 3 aromatic carbocycles. The van der Waals surface area contributed by atoms with Gasteiger partial charge in [0, 0.05) is 16.1 Å². The van der Waals surface area contributed by atoms with Gasteiger partial charge in [-0.1, -0.05) is 109 Å². The molecule has 0 unspecified atom stereocenters. The molecule has 0 aromatic heterocycles. The van der Waals surface area contributed by atoms with Gasteiger partial charge in [-0.2, -0.15) is 0 Å². The van der Waals surface area contributed by atoms with Crippen LogP contribution in [-0.4, -0.2) is 16.1 Å². The minimum atomic E-state index is -0.941. The first-order valence-electron chi connectivity index (χ1n) is 8.09. The van der Waals surface area contributed by atoms with Crippen LogP contribution in [0, 0.1) is 0 Å². The van der Waals surface area contributed by atoms with Gasteiger partial charge < -0.3 is 5.73 Å². The molecule has 0 saturated carbocycles. The molecule has 26 heavy (non-hydrogen) atoms. The van der Waals surface area contributed by atoms with Crippen molar-refractivity contribution in [2.75, 3.05) is 0 Å². The third-order valence-electron chi connectivity index (χ3n) is 4.54. The molecule has 1 nitrogen and oxygen atoms in total. The van der Waals surface area contributed by atoms with Crippen molar-refractivity contribution in [2.45, 2.75) is 5.54 Å². The van der Waals surface area contributed by atoms with Crippen molar-refractivity contribution in [3.63, 3.8) is 0 Å². The summed E-state index contributed by atoms with van der Waals surface area (Å²) in [6.45, 7) is 0. The molecule has 0 bridgehead atoms. The average Bonchev–Trinajstić information content (AvgIpc) is 2.73.